The molecule has 5 nitrogen and oxygen atoms in total. The number of carboxylic acid groups (broad SMARTS) is 1. The van der Waals surface area contributed by atoms with E-state index in [1.165, 1.54) is 41.3 Å². The second-order valence-corrected chi connectivity index (χ2v) is 10.7. The molecule has 1 aliphatic heterocycles. The summed E-state index contributed by atoms with van der Waals surface area (Å²) < 4.78 is 5.43. The Morgan fingerprint density at radius 2 is 1.86 bits per heavy atom. The van der Waals surface area contributed by atoms with Crippen LogP contribution in [0.15, 0.2) is 54.7 Å². The lowest BCUT2D eigenvalue weighted by Crippen LogP contribution is -2.41. The maximum Gasteiger partial charge on any atom is 0.303 e. The molecule has 1 N–H and O–H groups in total. The van der Waals surface area contributed by atoms with Crippen LogP contribution in [-0.4, -0.2) is 47.7 Å². The second-order valence-electron chi connectivity index (χ2n) is 10.7. The summed E-state index contributed by atoms with van der Waals surface area (Å²) in [6.45, 7) is 5.49. The van der Waals surface area contributed by atoms with Gasteiger partial charge in [-0.1, -0.05) is 24.3 Å². The number of hydrogen-bond acceptors (Lipinski definition) is 4. The smallest absolute Gasteiger partial charge is 0.303 e. The number of aryl methyl sites for hydroxylation is 3. The summed E-state index contributed by atoms with van der Waals surface area (Å²) in [5.41, 5.74) is 5.17. The topological polar surface area (TPSA) is 62.7 Å². The van der Waals surface area contributed by atoms with Gasteiger partial charge in [0.25, 0.3) is 0 Å². The molecule has 0 bridgehead atoms. The van der Waals surface area contributed by atoms with Crippen molar-refractivity contribution in [3.05, 3.63) is 71.4 Å². The fourth-order valence-corrected chi connectivity index (χ4v) is 6.00. The molecule has 3 aromatic rings. The van der Waals surface area contributed by atoms with Crippen molar-refractivity contribution in [2.45, 2.75) is 64.7 Å². The Morgan fingerprint density at radius 3 is 2.68 bits per heavy atom. The summed E-state index contributed by atoms with van der Waals surface area (Å²) in [5, 5.41) is 10.5. The van der Waals surface area contributed by atoms with E-state index in [9.17, 15) is 9.90 Å². The summed E-state index contributed by atoms with van der Waals surface area (Å²) >= 11 is 0. The first-order valence-corrected chi connectivity index (χ1v) is 13.9. The minimum Gasteiger partial charge on any atom is -0.497 e. The van der Waals surface area contributed by atoms with Gasteiger partial charge in [-0.2, -0.15) is 0 Å². The molecule has 198 valence electrons. The van der Waals surface area contributed by atoms with E-state index in [-0.39, 0.29) is 6.42 Å². The molecule has 1 aliphatic rings. The fraction of sp³-hybridized carbons (Fsp3) is 0.500. The van der Waals surface area contributed by atoms with Gasteiger partial charge in [0.15, 0.2) is 0 Å². The number of nitrogens with zero attached hydrogens (tertiary/aromatic N) is 2. The number of benzene rings is 2. The van der Waals surface area contributed by atoms with E-state index in [4.69, 9.17) is 4.74 Å². The summed E-state index contributed by atoms with van der Waals surface area (Å²) in [7, 11) is 1.70. The van der Waals surface area contributed by atoms with Crippen LogP contribution < -0.4 is 4.74 Å². The predicted octanol–water partition coefficient (Wildman–Crippen LogP) is 6.70. The first-order valence-electron chi connectivity index (χ1n) is 13.9. The van der Waals surface area contributed by atoms with Gasteiger partial charge in [-0.15, -0.1) is 0 Å². The molecule has 0 unspecified atom stereocenters. The van der Waals surface area contributed by atoms with Crippen molar-refractivity contribution < 1.29 is 14.6 Å². The molecule has 2 aromatic carbocycles. The van der Waals surface area contributed by atoms with Crippen LogP contribution in [0.3, 0.4) is 0 Å². The van der Waals surface area contributed by atoms with Gasteiger partial charge < -0.3 is 14.7 Å². The molecule has 1 saturated heterocycles. The predicted molar refractivity (Wildman–Crippen MR) is 150 cm³/mol. The van der Waals surface area contributed by atoms with Crippen molar-refractivity contribution in [1.29, 1.82) is 0 Å². The maximum atomic E-state index is 11.3. The quantitative estimate of drug-likeness (QED) is 0.264. The lowest BCUT2D eigenvalue weighted by molar-refractivity contribution is -0.137. The van der Waals surface area contributed by atoms with Crippen molar-refractivity contribution in [2.75, 3.05) is 26.7 Å². The van der Waals surface area contributed by atoms with Crippen LogP contribution in [0.25, 0.3) is 10.9 Å². The SMILES string of the molecule is COc1ccc2nccc(CCC[C@@H]3CCN(CCCCc4ccccc4C)C[C@@H]3CCC(=O)O)c2c1. The number of carbonyl (C=O) groups is 1. The Bertz CT molecular complexity index is 1160. The molecular formula is C32H42N2O3. The highest BCUT2D eigenvalue weighted by molar-refractivity contribution is 5.83. The van der Waals surface area contributed by atoms with Crippen molar-refractivity contribution >= 4 is 16.9 Å². The van der Waals surface area contributed by atoms with E-state index < -0.39 is 5.97 Å². The number of aromatic nitrogens is 1. The summed E-state index contributed by atoms with van der Waals surface area (Å²) in [5.74, 6) is 1.26. The van der Waals surface area contributed by atoms with Crippen LogP contribution in [-0.2, 0) is 17.6 Å². The van der Waals surface area contributed by atoms with Crippen LogP contribution in [0, 0.1) is 18.8 Å². The Balaban J connectivity index is 1.28. The molecule has 1 aromatic heterocycles. The summed E-state index contributed by atoms with van der Waals surface area (Å²) in [6, 6.07) is 16.9. The zero-order valence-corrected chi connectivity index (χ0v) is 22.5. The number of methoxy groups -OCH3 is 1. The molecule has 5 heteroatoms. The van der Waals surface area contributed by atoms with Gasteiger partial charge in [-0.3, -0.25) is 9.78 Å². The van der Waals surface area contributed by atoms with Crippen molar-refractivity contribution in [1.82, 2.24) is 9.88 Å². The van der Waals surface area contributed by atoms with E-state index in [1.54, 1.807) is 7.11 Å². The zero-order valence-electron chi connectivity index (χ0n) is 22.5. The van der Waals surface area contributed by atoms with Crippen molar-refractivity contribution in [3.63, 3.8) is 0 Å². The van der Waals surface area contributed by atoms with Crippen molar-refractivity contribution in [3.8, 4) is 5.75 Å². The molecule has 0 amide bonds. The Kier molecular flexibility index (Phi) is 9.95. The van der Waals surface area contributed by atoms with Gasteiger partial charge >= 0.3 is 5.97 Å². The lowest BCUT2D eigenvalue weighted by Gasteiger charge is -2.39. The molecule has 1 fully saturated rings. The number of hydrogen-bond donors (Lipinski definition) is 1. The lowest BCUT2D eigenvalue weighted by atomic mass is 9.79. The third-order valence-corrected chi connectivity index (χ3v) is 8.20. The number of piperidine rings is 1. The highest BCUT2D eigenvalue weighted by Crippen LogP contribution is 2.32. The number of aliphatic carboxylic acids is 1. The van der Waals surface area contributed by atoms with Crippen LogP contribution in [0.1, 0.15) is 61.6 Å². The number of rotatable bonds is 13. The first kappa shape index (κ1) is 27.1. The molecule has 0 aliphatic carbocycles. The van der Waals surface area contributed by atoms with E-state index in [2.05, 4.69) is 53.2 Å². The molecule has 0 saturated carbocycles. The van der Waals surface area contributed by atoms with Crippen LogP contribution in [0.4, 0.5) is 0 Å². The number of unbranched alkanes of at least 4 members (excludes halogenated alkanes) is 1. The van der Waals surface area contributed by atoms with Crippen molar-refractivity contribution in [2.24, 2.45) is 11.8 Å². The standard InChI is InChI=1S/C32H42N2O3/c1-24-8-3-4-9-25(24)10-5-6-20-34-21-18-26(28(23-34)13-16-32(35)36)11-7-12-27-17-19-33-31-15-14-29(37-2)22-30(27)31/h3-4,8-9,14-15,17,19,22,26,28H,5-7,10-13,16,18,20-21,23H2,1-2H3,(H,35,36)/t26-,28+/m1/s1. The number of carboxylic acids is 1. The fourth-order valence-electron chi connectivity index (χ4n) is 6.00. The molecular weight excluding hydrogens is 460 g/mol. The average molecular weight is 503 g/mol. The zero-order chi connectivity index (χ0) is 26.0. The van der Waals surface area contributed by atoms with Crippen LogP contribution >= 0.6 is 0 Å². The highest BCUT2D eigenvalue weighted by Gasteiger charge is 2.29. The largest absolute Gasteiger partial charge is 0.497 e. The molecule has 4 rings (SSSR count). The maximum absolute atomic E-state index is 11.3. The third kappa shape index (κ3) is 7.78. The number of ether oxygens (including phenoxy) is 1. The number of pyridine rings is 1. The number of likely N-dealkylation sites (tertiary alicyclic amines) is 1. The van der Waals surface area contributed by atoms with Gasteiger partial charge in [0.1, 0.15) is 5.75 Å². The molecule has 2 heterocycles. The summed E-state index contributed by atoms with van der Waals surface area (Å²) in [6.07, 6.45) is 11.0. The number of fused-ring (bicyclic) bond motifs is 1. The van der Waals surface area contributed by atoms with Crippen LogP contribution in [0.2, 0.25) is 0 Å². The second kappa shape index (κ2) is 13.6. The normalized spacial score (nSPS) is 18.2. The monoisotopic (exact) mass is 502 g/mol. The van der Waals surface area contributed by atoms with E-state index >= 15 is 0 Å². The summed E-state index contributed by atoms with van der Waals surface area (Å²) in [4.78, 5) is 18.4. The average Bonchev–Trinajstić information content (AvgIpc) is 2.91. The Morgan fingerprint density at radius 1 is 1.03 bits per heavy atom. The van der Waals surface area contributed by atoms with Gasteiger partial charge in [0.05, 0.1) is 12.6 Å². The van der Waals surface area contributed by atoms with Gasteiger partial charge in [0, 0.05) is 24.5 Å². The van der Waals surface area contributed by atoms with Gasteiger partial charge in [-0.05, 0) is 124 Å². The van der Waals surface area contributed by atoms with Gasteiger partial charge in [0.2, 0.25) is 0 Å². The van der Waals surface area contributed by atoms with E-state index in [1.807, 2.05) is 18.3 Å². The van der Waals surface area contributed by atoms with E-state index in [0.29, 0.717) is 11.8 Å². The molecule has 2 atom stereocenters. The molecule has 0 radical (unpaired) electrons. The Hall–Kier alpha value is -2.92. The minimum absolute atomic E-state index is 0.275. The Labute approximate surface area is 221 Å². The highest BCUT2D eigenvalue weighted by atomic mass is 16.5. The van der Waals surface area contributed by atoms with E-state index in [0.717, 1.165) is 63.0 Å². The van der Waals surface area contributed by atoms with Gasteiger partial charge in [-0.25, -0.2) is 0 Å². The molecule has 0 spiro atoms. The minimum atomic E-state index is -0.675. The van der Waals surface area contributed by atoms with Crippen LogP contribution in [0.5, 0.6) is 5.75 Å². The third-order valence-electron chi connectivity index (χ3n) is 8.20. The first-order chi connectivity index (χ1) is 18.0. The molecule has 37 heavy (non-hydrogen) atoms.